The van der Waals surface area contributed by atoms with Crippen molar-refractivity contribution in [1.82, 2.24) is 0 Å². The molecule has 1 saturated heterocycles. The van der Waals surface area contributed by atoms with Crippen LogP contribution in [0.5, 0.6) is 0 Å². The zero-order chi connectivity index (χ0) is 8.98. The highest BCUT2D eigenvalue weighted by molar-refractivity contribution is 5.04. The van der Waals surface area contributed by atoms with Gasteiger partial charge in [-0.3, -0.25) is 0 Å². The summed E-state index contributed by atoms with van der Waals surface area (Å²) in [7, 11) is 0. The summed E-state index contributed by atoms with van der Waals surface area (Å²) >= 11 is 0. The van der Waals surface area contributed by atoms with Crippen LogP contribution in [0.2, 0.25) is 0 Å². The second-order valence-corrected chi connectivity index (χ2v) is 5.76. The zero-order valence-electron chi connectivity index (χ0n) is 8.68. The summed E-state index contributed by atoms with van der Waals surface area (Å²) in [6.07, 6.45) is 4.52. The van der Waals surface area contributed by atoms with Gasteiger partial charge >= 0.3 is 0 Å². The Bertz CT molecular complexity index is 192. The molecule has 70 valence electrons. The monoisotopic (exact) mass is 168 g/mol. The maximum atomic E-state index is 5.69. The topological polar surface area (TPSA) is 12.5 Å². The van der Waals surface area contributed by atoms with Crippen molar-refractivity contribution in [2.45, 2.75) is 58.7 Å². The molecule has 0 amide bonds. The van der Waals surface area contributed by atoms with E-state index in [9.17, 15) is 0 Å². The highest BCUT2D eigenvalue weighted by atomic mass is 16.6. The van der Waals surface area contributed by atoms with Crippen LogP contribution in [-0.2, 0) is 4.74 Å². The van der Waals surface area contributed by atoms with Crippen LogP contribution in [0.1, 0.15) is 47.0 Å². The maximum Gasteiger partial charge on any atom is 0.0920 e. The molecule has 0 N–H and O–H groups in total. The normalized spacial score (nSPS) is 47.0. The molecule has 2 fully saturated rings. The van der Waals surface area contributed by atoms with E-state index >= 15 is 0 Å². The molecule has 0 bridgehead atoms. The third-order valence-corrected chi connectivity index (χ3v) is 3.75. The lowest BCUT2D eigenvalue weighted by atomic mass is 9.70. The predicted octanol–water partition coefficient (Wildman–Crippen LogP) is 2.99. The fourth-order valence-corrected chi connectivity index (χ4v) is 2.43. The molecule has 0 aromatic rings. The molecule has 2 rings (SSSR count). The average Bonchev–Trinajstić information content (AvgIpc) is 2.56. The number of rotatable bonds is 0. The summed E-state index contributed by atoms with van der Waals surface area (Å²) in [4.78, 5) is 0. The van der Waals surface area contributed by atoms with Crippen LogP contribution in [0.15, 0.2) is 0 Å². The van der Waals surface area contributed by atoms with E-state index in [1.54, 1.807) is 0 Å². The minimum atomic E-state index is 0.293. The molecule has 1 aliphatic heterocycles. The van der Waals surface area contributed by atoms with Crippen LogP contribution in [0.3, 0.4) is 0 Å². The third kappa shape index (κ3) is 1.28. The van der Waals surface area contributed by atoms with Crippen molar-refractivity contribution in [1.29, 1.82) is 0 Å². The molecule has 0 spiro atoms. The zero-order valence-corrected chi connectivity index (χ0v) is 8.68. The Kier molecular flexibility index (Phi) is 1.61. The molecule has 3 unspecified atom stereocenters. The Morgan fingerprint density at radius 2 is 2.00 bits per heavy atom. The van der Waals surface area contributed by atoms with E-state index in [0.29, 0.717) is 17.1 Å². The van der Waals surface area contributed by atoms with E-state index in [4.69, 9.17) is 4.74 Å². The van der Waals surface area contributed by atoms with Gasteiger partial charge in [0.05, 0.1) is 11.7 Å². The number of hydrogen-bond acceptors (Lipinski definition) is 1. The Morgan fingerprint density at radius 3 is 2.50 bits per heavy atom. The van der Waals surface area contributed by atoms with Crippen LogP contribution in [0, 0.1) is 11.3 Å². The second-order valence-electron chi connectivity index (χ2n) is 5.76. The van der Waals surface area contributed by atoms with Crippen molar-refractivity contribution in [3.05, 3.63) is 0 Å². The molecular formula is C11H20O. The highest BCUT2D eigenvalue weighted by Crippen LogP contribution is 2.52. The second kappa shape index (κ2) is 2.25. The van der Waals surface area contributed by atoms with E-state index in [1.165, 1.54) is 19.3 Å². The van der Waals surface area contributed by atoms with Crippen LogP contribution in [0.25, 0.3) is 0 Å². The first-order valence-corrected chi connectivity index (χ1v) is 5.10. The van der Waals surface area contributed by atoms with Crippen molar-refractivity contribution in [3.8, 4) is 0 Å². The maximum absolute atomic E-state index is 5.69. The molecule has 0 radical (unpaired) electrons. The Labute approximate surface area is 75.5 Å². The van der Waals surface area contributed by atoms with Gasteiger partial charge < -0.3 is 4.74 Å². The van der Waals surface area contributed by atoms with Crippen LogP contribution >= 0.6 is 0 Å². The van der Waals surface area contributed by atoms with Gasteiger partial charge in [0.25, 0.3) is 0 Å². The van der Waals surface area contributed by atoms with E-state index in [0.717, 1.165) is 5.92 Å². The molecule has 2 aliphatic rings. The minimum Gasteiger partial charge on any atom is -0.366 e. The van der Waals surface area contributed by atoms with Crippen molar-refractivity contribution in [3.63, 3.8) is 0 Å². The van der Waals surface area contributed by atoms with E-state index < -0.39 is 0 Å². The number of epoxide rings is 1. The molecule has 1 saturated carbocycles. The largest absolute Gasteiger partial charge is 0.366 e. The van der Waals surface area contributed by atoms with Crippen LogP contribution in [0.4, 0.5) is 0 Å². The fraction of sp³-hybridized carbons (Fsp3) is 1.00. The summed E-state index contributed by atoms with van der Waals surface area (Å²) in [6, 6.07) is 0. The van der Waals surface area contributed by atoms with Crippen molar-refractivity contribution >= 4 is 0 Å². The van der Waals surface area contributed by atoms with Gasteiger partial charge in [-0.25, -0.2) is 0 Å². The predicted molar refractivity (Wildman–Crippen MR) is 50.1 cm³/mol. The summed E-state index contributed by atoms with van der Waals surface area (Å²) in [5.41, 5.74) is 0.773. The van der Waals surface area contributed by atoms with E-state index in [2.05, 4.69) is 27.7 Å². The molecule has 3 atom stereocenters. The molecule has 0 aromatic heterocycles. The first-order chi connectivity index (χ1) is 5.42. The molecule has 0 aromatic carbocycles. The van der Waals surface area contributed by atoms with Gasteiger partial charge in [-0.05, 0) is 37.5 Å². The molecular weight excluding hydrogens is 148 g/mol. The Balaban J connectivity index is 1.98. The van der Waals surface area contributed by atoms with Crippen molar-refractivity contribution < 1.29 is 4.74 Å². The average molecular weight is 168 g/mol. The molecule has 1 nitrogen and oxygen atoms in total. The molecule has 1 aliphatic carbocycles. The lowest BCUT2D eigenvalue weighted by Gasteiger charge is -2.33. The van der Waals surface area contributed by atoms with Gasteiger partial charge in [-0.15, -0.1) is 0 Å². The molecule has 1 heteroatoms. The van der Waals surface area contributed by atoms with Gasteiger partial charge in [-0.1, -0.05) is 20.8 Å². The first-order valence-electron chi connectivity index (χ1n) is 5.10. The standard InChI is InChI=1S/C11H20O/c1-10(2,3)8-5-6-11(4)9(7-8)12-11/h8-9H,5-7H2,1-4H3. The smallest absolute Gasteiger partial charge is 0.0920 e. The summed E-state index contributed by atoms with van der Waals surface area (Å²) in [5.74, 6) is 0.873. The SMILES string of the molecule is CC(C)(C)C1CCC2(C)OC2C1. The summed E-state index contributed by atoms with van der Waals surface area (Å²) < 4.78 is 5.69. The third-order valence-electron chi connectivity index (χ3n) is 3.75. The number of ether oxygens (including phenoxy) is 1. The highest BCUT2D eigenvalue weighted by Gasteiger charge is 2.56. The Hall–Kier alpha value is -0.0400. The van der Waals surface area contributed by atoms with Gasteiger partial charge in [0.2, 0.25) is 0 Å². The molecule has 12 heavy (non-hydrogen) atoms. The summed E-state index contributed by atoms with van der Waals surface area (Å²) in [6.45, 7) is 9.31. The number of hydrogen-bond donors (Lipinski definition) is 0. The minimum absolute atomic E-state index is 0.293. The van der Waals surface area contributed by atoms with E-state index in [1.807, 2.05) is 0 Å². The lowest BCUT2D eigenvalue weighted by molar-refractivity contribution is 0.182. The lowest BCUT2D eigenvalue weighted by Crippen LogP contribution is -2.29. The van der Waals surface area contributed by atoms with Crippen molar-refractivity contribution in [2.24, 2.45) is 11.3 Å². The van der Waals surface area contributed by atoms with Crippen LogP contribution < -0.4 is 0 Å². The molecule has 1 heterocycles. The number of fused-ring (bicyclic) bond motifs is 1. The summed E-state index contributed by atoms with van der Waals surface area (Å²) in [5, 5.41) is 0. The first kappa shape index (κ1) is 8.55. The van der Waals surface area contributed by atoms with Gasteiger partial charge in [0.1, 0.15) is 0 Å². The van der Waals surface area contributed by atoms with Gasteiger partial charge in [-0.2, -0.15) is 0 Å². The quantitative estimate of drug-likeness (QED) is 0.507. The van der Waals surface area contributed by atoms with Crippen molar-refractivity contribution in [2.75, 3.05) is 0 Å². The Morgan fingerprint density at radius 1 is 1.33 bits per heavy atom. The van der Waals surface area contributed by atoms with Gasteiger partial charge in [0, 0.05) is 0 Å². The van der Waals surface area contributed by atoms with Crippen LogP contribution in [-0.4, -0.2) is 11.7 Å². The fourth-order valence-electron chi connectivity index (χ4n) is 2.43. The van der Waals surface area contributed by atoms with E-state index in [-0.39, 0.29) is 0 Å². The van der Waals surface area contributed by atoms with Gasteiger partial charge in [0.15, 0.2) is 0 Å².